The molecule has 0 fully saturated rings. The van der Waals surface area contributed by atoms with E-state index in [9.17, 15) is 14.4 Å². The minimum Gasteiger partial charge on any atom is -0.322 e. The van der Waals surface area contributed by atoms with Crippen molar-refractivity contribution in [3.05, 3.63) is 111 Å². The van der Waals surface area contributed by atoms with E-state index in [1.807, 2.05) is 0 Å². The second-order valence-corrected chi connectivity index (χ2v) is 9.13. The van der Waals surface area contributed by atoms with Crippen molar-refractivity contribution in [3.63, 3.8) is 0 Å². The summed E-state index contributed by atoms with van der Waals surface area (Å²) in [5.74, 6) is -1.36. The zero-order valence-corrected chi connectivity index (χ0v) is 20.2. The third kappa shape index (κ3) is 4.74. The van der Waals surface area contributed by atoms with Crippen LogP contribution >= 0.6 is 22.9 Å². The molecule has 5 aromatic rings. The summed E-state index contributed by atoms with van der Waals surface area (Å²) in [5, 5.41) is 15.8. The van der Waals surface area contributed by atoms with Crippen LogP contribution in [0.4, 0.5) is 5.69 Å². The molecule has 0 bridgehead atoms. The molecule has 8 nitrogen and oxygen atoms in total. The summed E-state index contributed by atoms with van der Waals surface area (Å²) in [6, 6.07) is 23.8. The van der Waals surface area contributed by atoms with Crippen molar-refractivity contribution >= 4 is 57.3 Å². The van der Waals surface area contributed by atoms with Gasteiger partial charge >= 0.3 is 0 Å². The van der Waals surface area contributed by atoms with Gasteiger partial charge in [-0.2, -0.15) is 0 Å². The van der Waals surface area contributed by atoms with Crippen LogP contribution in [-0.2, 0) is 4.79 Å². The van der Waals surface area contributed by atoms with Crippen LogP contribution in [0.2, 0.25) is 5.02 Å². The molecule has 2 aromatic heterocycles. The van der Waals surface area contributed by atoms with Crippen molar-refractivity contribution in [3.8, 4) is 0 Å². The molecule has 0 aliphatic carbocycles. The molecule has 2 heterocycles. The molecule has 5 rings (SSSR count). The highest BCUT2D eigenvalue weighted by atomic mass is 35.5. The van der Waals surface area contributed by atoms with Gasteiger partial charge in [0.1, 0.15) is 5.52 Å². The van der Waals surface area contributed by atoms with Gasteiger partial charge in [-0.1, -0.05) is 65.3 Å². The van der Waals surface area contributed by atoms with E-state index < -0.39 is 18.0 Å². The number of fused-ring (bicyclic) bond motifs is 1. The van der Waals surface area contributed by atoms with E-state index in [0.29, 0.717) is 26.5 Å². The summed E-state index contributed by atoms with van der Waals surface area (Å²) >= 11 is 7.42. The Kier molecular flexibility index (Phi) is 6.57. The number of para-hydroxylation sites is 1. The zero-order valence-electron chi connectivity index (χ0n) is 18.6. The van der Waals surface area contributed by atoms with Gasteiger partial charge in [-0.15, -0.1) is 16.4 Å². The predicted molar refractivity (Wildman–Crippen MR) is 138 cm³/mol. The van der Waals surface area contributed by atoms with E-state index in [1.165, 1.54) is 22.1 Å². The minimum absolute atomic E-state index is 0.217. The number of halogens is 1. The normalized spacial score (nSPS) is 11.7. The van der Waals surface area contributed by atoms with E-state index in [1.54, 1.807) is 84.2 Å². The Morgan fingerprint density at radius 2 is 1.69 bits per heavy atom. The number of aromatic nitrogens is 3. The fourth-order valence-corrected chi connectivity index (χ4v) is 4.48. The number of ketones is 1. The topological polar surface area (TPSA) is 106 Å². The van der Waals surface area contributed by atoms with Crippen molar-refractivity contribution < 1.29 is 14.4 Å². The summed E-state index contributed by atoms with van der Waals surface area (Å²) in [6.07, 6.45) is -1.25. The van der Waals surface area contributed by atoms with Crippen LogP contribution in [0.15, 0.2) is 90.3 Å². The molecule has 178 valence electrons. The third-order valence-electron chi connectivity index (χ3n) is 5.40. The van der Waals surface area contributed by atoms with Gasteiger partial charge < -0.3 is 10.6 Å². The van der Waals surface area contributed by atoms with Crippen LogP contribution in [0.3, 0.4) is 0 Å². The number of nitrogens with zero attached hydrogens (tertiary/aromatic N) is 3. The molecule has 0 radical (unpaired) electrons. The van der Waals surface area contributed by atoms with E-state index in [-0.39, 0.29) is 17.0 Å². The lowest BCUT2D eigenvalue weighted by molar-refractivity contribution is -0.120. The van der Waals surface area contributed by atoms with Crippen LogP contribution in [-0.4, -0.2) is 32.6 Å². The summed E-state index contributed by atoms with van der Waals surface area (Å²) in [7, 11) is 0. The highest BCUT2D eigenvalue weighted by molar-refractivity contribution is 7.12. The zero-order chi connectivity index (χ0) is 25.1. The molecule has 1 unspecified atom stereocenters. The average Bonchev–Trinajstić information content (AvgIpc) is 3.59. The summed E-state index contributed by atoms with van der Waals surface area (Å²) < 4.78 is 1.34. The molecule has 0 saturated carbocycles. The van der Waals surface area contributed by atoms with Gasteiger partial charge in [0.05, 0.1) is 16.1 Å². The second-order valence-electron chi connectivity index (χ2n) is 7.75. The number of thiophene rings is 1. The molecule has 10 heteroatoms. The molecule has 0 aliphatic heterocycles. The Labute approximate surface area is 214 Å². The fraction of sp³-hybridized carbons (Fsp3) is 0.0385. The van der Waals surface area contributed by atoms with Crippen LogP contribution in [0.1, 0.15) is 31.8 Å². The van der Waals surface area contributed by atoms with Crippen molar-refractivity contribution in [1.82, 2.24) is 20.3 Å². The number of nitrogens with one attached hydrogen (secondary N) is 2. The summed E-state index contributed by atoms with van der Waals surface area (Å²) in [4.78, 5) is 40.1. The summed E-state index contributed by atoms with van der Waals surface area (Å²) in [6.45, 7) is 0. The van der Waals surface area contributed by atoms with Crippen molar-refractivity contribution in [2.75, 3.05) is 5.32 Å². The van der Waals surface area contributed by atoms with E-state index in [2.05, 4.69) is 20.9 Å². The molecule has 0 saturated heterocycles. The maximum atomic E-state index is 13.6. The number of hydrogen-bond donors (Lipinski definition) is 2. The number of carbonyl (C=O) groups excluding carboxylic acids is 3. The van der Waals surface area contributed by atoms with Crippen molar-refractivity contribution in [2.24, 2.45) is 0 Å². The number of benzene rings is 3. The standard InChI is InChI=1S/C26H18ClN5O3S/c27-17-12-13-19(18(15-17)23(33)16-7-2-1-3-8-16)28-26(35)24(29-25(34)22-11-6-14-36-22)32-21-10-5-4-9-20(21)30-31-32/h1-15,24H,(H,28,35)(H,29,34). The Morgan fingerprint density at radius 3 is 2.47 bits per heavy atom. The number of amides is 2. The molecule has 2 amide bonds. The van der Waals surface area contributed by atoms with Gasteiger partial charge in [0, 0.05) is 16.1 Å². The predicted octanol–water partition coefficient (Wildman–Crippen LogP) is 4.94. The second kappa shape index (κ2) is 10.1. The third-order valence-corrected chi connectivity index (χ3v) is 6.51. The van der Waals surface area contributed by atoms with Crippen LogP contribution in [0, 0.1) is 0 Å². The summed E-state index contributed by atoms with van der Waals surface area (Å²) in [5.41, 5.74) is 2.03. The Balaban J connectivity index is 1.51. The fourth-order valence-electron chi connectivity index (χ4n) is 3.68. The Bertz CT molecular complexity index is 1570. The average molecular weight is 516 g/mol. The van der Waals surface area contributed by atoms with Crippen molar-refractivity contribution in [1.29, 1.82) is 0 Å². The van der Waals surface area contributed by atoms with Gasteiger partial charge in [0.25, 0.3) is 11.8 Å². The SMILES string of the molecule is O=C(NC(C(=O)Nc1ccc(Cl)cc1C(=O)c1ccccc1)n1nnc2ccccc21)c1cccs1. The number of hydrogen-bond acceptors (Lipinski definition) is 6. The molecule has 0 aliphatic rings. The first-order valence-corrected chi connectivity index (χ1v) is 12.1. The highest BCUT2D eigenvalue weighted by Gasteiger charge is 2.28. The van der Waals surface area contributed by atoms with Gasteiger partial charge in [-0.25, -0.2) is 4.68 Å². The molecule has 0 spiro atoms. The quantitative estimate of drug-likeness (QED) is 0.298. The lowest BCUT2D eigenvalue weighted by Crippen LogP contribution is -2.41. The number of rotatable bonds is 7. The minimum atomic E-state index is -1.25. The Hall–Kier alpha value is -4.34. The maximum absolute atomic E-state index is 13.6. The van der Waals surface area contributed by atoms with Gasteiger partial charge in [0.2, 0.25) is 6.17 Å². The highest BCUT2D eigenvalue weighted by Crippen LogP contribution is 2.25. The smallest absolute Gasteiger partial charge is 0.269 e. The molecular formula is C26H18ClN5O3S. The maximum Gasteiger partial charge on any atom is 0.269 e. The lowest BCUT2D eigenvalue weighted by atomic mass is 10.0. The van der Waals surface area contributed by atoms with E-state index >= 15 is 0 Å². The first-order valence-electron chi connectivity index (χ1n) is 10.9. The van der Waals surface area contributed by atoms with Crippen molar-refractivity contribution in [2.45, 2.75) is 6.17 Å². The monoisotopic (exact) mass is 515 g/mol. The van der Waals surface area contributed by atoms with Gasteiger partial charge in [0.15, 0.2) is 5.78 Å². The van der Waals surface area contributed by atoms with Gasteiger partial charge in [-0.3, -0.25) is 14.4 Å². The lowest BCUT2D eigenvalue weighted by Gasteiger charge is -2.20. The van der Waals surface area contributed by atoms with Crippen LogP contribution in [0.5, 0.6) is 0 Å². The molecular weight excluding hydrogens is 498 g/mol. The first-order chi connectivity index (χ1) is 17.5. The molecule has 3 aromatic carbocycles. The Morgan fingerprint density at radius 1 is 0.917 bits per heavy atom. The molecule has 2 N–H and O–H groups in total. The first kappa shape index (κ1) is 23.4. The van der Waals surface area contributed by atoms with E-state index in [0.717, 1.165) is 0 Å². The van der Waals surface area contributed by atoms with Crippen LogP contribution in [0.25, 0.3) is 11.0 Å². The molecule has 36 heavy (non-hydrogen) atoms. The molecule has 1 atom stereocenters. The number of anilines is 1. The number of carbonyl (C=O) groups is 3. The largest absolute Gasteiger partial charge is 0.322 e. The van der Waals surface area contributed by atoms with Crippen LogP contribution < -0.4 is 10.6 Å². The van der Waals surface area contributed by atoms with E-state index in [4.69, 9.17) is 11.6 Å². The van der Waals surface area contributed by atoms with Gasteiger partial charge in [-0.05, 0) is 41.8 Å².